The molecule has 188 valence electrons. The van der Waals surface area contributed by atoms with Gasteiger partial charge in [-0.2, -0.15) is 0 Å². The Balaban J connectivity index is 1.62. The number of carbonyl (C=O) groups is 1. The van der Waals surface area contributed by atoms with Gasteiger partial charge >= 0.3 is 0 Å². The van der Waals surface area contributed by atoms with Crippen LogP contribution in [0.4, 0.5) is 0 Å². The number of rotatable bonds is 10. The number of piperidine rings is 1. The van der Waals surface area contributed by atoms with Gasteiger partial charge in [0.15, 0.2) is 5.78 Å². The number of carbonyl (C=O) groups excluding carboxylic acids is 1. The third kappa shape index (κ3) is 6.43. The molecule has 0 amide bonds. The quantitative estimate of drug-likeness (QED) is 0.221. The van der Waals surface area contributed by atoms with Crippen molar-refractivity contribution in [2.24, 2.45) is 0 Å². The van der Waals surface area contributed by atoms with Crippen molar-refractivity contribution in [3.8, 4) is 0 Å². The van der Waals surface area contributed by atoms with Crippen LogP contribution in [-0.2, 0) is 13.1 Å². The van der Waals surface area contributed by atoms with E-state index in [1.54, 1.807) is 0 Å². The maximum Gasteiger partial charge on any atom is 0.181 e. The molecule has 1 aliphatic rings. The van der Waals surface area contributed by atoms with E-state index in [1.807, 2.05) is 30.3 Å². The molecule has 1 fully saturated rings. The number of Topliss-reactive ketones (excluding diaryl/α,β-unsaturated/α-hetero) is 1. The van der Waals surface area contributed by atoms with Gasteiger partial charge in [0.1, 0.15) is 0 Å². The smallest absolute Gasteiger partial charge is 0.181 e. The van der Waals surface area contributed by atoms with Gasteiger partial charge in [0, 0.05) is 18.7 Å². The Morgan fingerprint density at radius 3 is 1.59 bits per heavy atom. The topological polar surface area (TPSA) is 23.6 Å². The van der Waals surface area contributed by atoms with Crippen molar-refractivity contribution in [3.05, 3.63) is 144 Å². The number of likely N-dealkylation sites (tertiary alicyclic amines) is 1. The van der Waals surface area contributed by atoms with Crippen LogP contribution in [0.1, 0.15) is 52.4 Å². The molecule has 0 aliphatic carbocycles. The SMILES string of the molecule is O=C(c1ccccc1)C(C(c1ccccc1)N(Cc1ccccc1)Cc1ccccc1)N1CCCCC1. The molecule has 0 spiro atoms. The maximum absolute atomic E-state index is 14.4. The summed E-state index contributed by atoms with van der Waals surface area (Å²) in [4.78, 5) is 19.4. The highest BCUT2D eigenvalue weighted by molar-refractivity contribution is 6.00. The molecule has 3 nitrogen and oxygen atoms in total. The summed E-state index contributed by atoms with van der Waals surface area (Å²) in [5.74, 6) is 0.211. The first kappa shape index (κ1) is 25.1. The second-order valence-corrected chi connectivity index (χ2v) is 10.0. The molecule has 3 heteroatoms. The van der Waals surface area contributed by atoms with Crippen LogP contribution >= 0.6 is 0 Å². The van der Waals surface area contributed by atoms with Crippen molar-refractivity contribution in [1.29, 1.82) is 0 Å². The Morgan fingerprint density at radius 2 is 1.08 bits per heavy atom. The highest BCUT2D eigenvalue weighted by Gasteiger charge is 2.39. The second kappa shape index (κ2) is 12.6. The first-order chi connectivity index (χ1) is 18.3. The lowest BCUT2D eigenvalue weighted by molar-refractivity contribution is 0.0431. The van der Waals surface area contributed by atoms with Crippen molar-refractivity contribution in [2.45, 2.75) is 44.4 Å². The van der Waals surface area contributed by atoms with Gasteiger partial charge in [-0.25, -0.2) is 0 Å². The summed E-state index contributed by atoms with van der Waals surface area (Å²) in [6.07, 6.45) is 3.51. The molecule has 0 radical (unpaired) electrons. The van der Waals surface area contributed by atoms with Gasteiger partial charge in [-0.1, -0.05) is 128 Å². The molecule has 2 atom stereocenters. The molecule has 4 aromatic rings. The average Bonchev–Trinajstić information content (AvgIpc) is 2.98. The monoisotopic (exact) mass is 488 g/mol. The van der Waals surface area contributed by atoms with Gasteiger partial charge in [0.05, 0.1) is 12.1 Å². The van der Waals surface area contributed by atoms with Crippen molar-refractivity contribution in [1.82, 2.24) is 9.80 Å². The first-order valence-electron chi connectivity index (χ1n) is 13.5. The third-order valence-electron chi connectivity index (χ3n) is 7.40. The van der Waals surface area contributed by atoms with E-state index in [1.165, 1.54) is 23.1 Å². The van der Waals surface area contributed by atoms with E-state index in [-0.39, 0.29) is 17.9 Å². The summed E-state index contributed by atoms with van der Waals surface area (Å²) >= 11 is 0. The predicted molar refractivity (Wildman–Crippen MR) is 151 cm³/mol. The number of nitrogens with zero attached hydrogens (tertiary/aromatic N) is 2. The van der Waals surface area contributed by atoms with E-state index in [4.69, 9.17) is 0 Å². The van der Waals surface area contributed by atoms with E-state index in [9.17, 15) is 4.79 Å². The van der Waals surface area contributed by atoms with E-state index >= 15 is 0 Å². The first-order valence-corrected chi connectivity index (χ1v) is 13.5. The summed E-state index contributed by atoms with van der Waals surface area (Å²) < 4.78 is 0. The Hall–Kier alpha value is -3.53. The van der Waals surface area contributed by atoms with Crippen LogP contribution in [0.3, 0.4) is 0 Å². The van der Waals surface area contributed by atoms with Crippen LogP contribution in [0.25, 0.3) is 0 Å². The lowest BCUT2D eigenvalue weighted by atomic mass is 9.88. The second-order valence-electron chi connectivity index (χ2n) is 10.0. The summed E-state index contributed by atoms with van der Waals surface area (Å²) in [6.45, 7) is 3.44. The summed E-state index contributed by atoms with van der Waals surface area (Å²) in [7, 11) is 0. The standard InChI is InChI=1S/C34H36N2O/c37-34(31-22-12-4-13-23-31)33(35-24-14-5-15-25-35)32(30-20-10-3-11-21-30)36(26-28-16-6-1-7-17-28)27-29-18-8-2-9-19-29/h1-4,6-13,16-23,32-33H,5,14-15,24-27H2. The van der Waals surface area contributed by atoms with Crippen LogP contribution in [0.2, 0.25) is 0 Å². The zero-order valence-corrected chi connectivity index (χ0v) is 21.5. The van der Waals surface area contributed by atoms with Crippen LogP contribution in [0.5, 0.6) is 0 Å². The molecule has 1 aliphatic heterocycles. The minimum absolute atomic E-state index is 0.0904. The minimum Gasteiger partial charge on any atom is -0.292 e. The van der Waals surface area contributed by atoms with Gasteiger partial charge in [0.25, 0.3) is 0 Å². The number of ketones is 1. The molecule has 0 bridgehead atoms. The van der Waals surface area contributed by atoms with E-state index < -0.39 is 0 Å². The molecule has 0 N–H and O–H groups in total. The Morgan fingerprint density at radius 1 is 0.622 bits per heavy atom. The highest BCUT2D eigenvalue weighted by Crippen LogP contribution is 2.34. The van der Waals surface area contributed by atoms with Gasteiger partial charge in [0.2, 0.25) is 0 Å². The summed E-state index contributed by atoms with van der Waals surface area (Å²) in [5.41, 5.74) is 4.49. The normalized spacial score (nSPS) is 15.8. The van der Waals surface area contributed by atoms with Crippen LogP contribution in [-0.4, -0.2) is 34.7 Å². The average molecular weight is 489 g/mol. The molecule has 0 aromatic heterocycles. The van der Waals surface area contributed by atoms with Crippen molar-refractivity contribution < 1.29 is 4.79 Å². The molecule has 0 saturated carbocycles. The molecule has 1 saturated heterocycles. The van der Waals surface area contributed by atoms with E-state index in [0.717, 1.165) is 44.6 Å². The molecular weight excluding hydrogens is 452 g/mol. The molecule has 37 heavy (non-hydrogen) atoms. The number of hydrogen-bond donors (Lipinski definition) is 0. The fraction of sp³-hybridized carbons (Fsp3) is 0.265. The lowest BCUT2D eigenvalue weighted by Crippen LogP contribution is -2.52. The Kier molecular flexibility index (Phi) is 8.58. The lowest BCUT2D eigenvalue weighted by Gasteiger charge is -2.43. The summed E-state index contributed by atoms with van der Waals surface area (Å²) in [6, 6.07) is 41.5. The molecule has 5 rings (SSSR count). The number of hydrogen-bond acceptors (Lipinski definition) is 3. The molecule has 1 heterocycles. The highest BCUT2D eigenvalue weighted by atomic mass is 16.1. The number of benzene rings is 4. The molecular formula is C34H36N2O. The molecule has 2 unspecified atom stereocenters. The van der Waals surface area contributed by atoms with E-state index in [0.29, 0.717) is 0 Å². The van der Waals surface area contributed by atoms with Crippen molar-refractivity contribution >= 4 is 5.78 Å². The zero-order chi connectivity index (χ0) is 25.3. The Labute approximate surface area is 221 Å². The molecule has 4 aromatic carbocycles. The fourth-order valence-electron chi connectivity index (χ4n) is 5.61. The minimum atomic E-state index is -0.266. The zero-order valence-electron chi connectivity index (χ0n) is 21.5. The van der Waals surface area contributed by atoms with Gasteiger partial charge in [-0.15, -0.1) is 0 Å². The largest absolute Gasteiger partial charge is 0.292 e. The van der Waals surface area contributed by atoms with E-state index in [2.05, 4.69) is 101 Å². The van der Waals surface area contributed by atoms with Crippen molar-refractivity contribution in [2.75, 3.05) is 13.1 Å². The Bertz CT molecular complexity index is 1180. The van der Waals surface area contributed by atoms with Crippen molar-refractivity contribution in [3.63, 3.8) is 0 Å². The van der Waals surface area contributed by atoms with Crippen LogP contribution in [0.15, 0.2) is 121 Å². The third-order valence-corrected chi connectivity index (χ3v) is 7.40. The van der Waals surface area contributed by atoms with Gasteiger partial charge in [-0.05, 0) is 42.6 Å². The van der Waals surface area contributed by atoms with Gasteiger partial charge in [-0.3, -0.25) is 14.6 Å². The summed E-state index contributed by atoms with van der Waals surface area (Å²) in [5, 5.41) is 0. The van der Waals surface area contributed by atoms with Crippen LogP contribution < -0.4 is 0 Å². The predicted octanol–water partition coefficient (Wildman–Crippen LogP) is 7.17. The van der Waals surface area contributed by atoms with Crippen LogP contribution in [0, 0.1) is 0 Å². The van der Waals surface area contributed by atoms with Gasteiger partial charge < -0.3 is 0 Å². The fourth-order valence-corrected chi connectivity index (χ4v) is 5.61. The maximum atomic E-state index is 14.4.